The third kappa shape index (κ3) is 6.91. The lowest BCUT2D eigenvalue weighted by Crippen LogP contribution is -2.39. The monoisotopic (exact) mass is 556 g/mol. The van der Waals surface area contributed by atoms with Gasteiger partial charge in [-0.15, -0.1) is 0 Å². The van der Waals surface area contributed by atoms with Gasteiger partial charge in [0.1, 0.15) is 12.3 Å². The highest BCUT2D eigenvalue weighted by Gasteiger charge is 2.27. The molecule has 0 fully saturated rings. The van der Waals surface area contributed by atoms with Gasteiger partial charge in [-0.25, -0.2) is 13.8 Å². The van der Waals surface area contributed by atoms with Crippen LogP contribution in [0.4, 0.5) is 11.4 Å². The summed E-state index contributed by atoms with van der Waals surface area (Å²) < 4.78 is 33.1. The van der Waals surface area contributed by atoms with Crippen LogP contribution in [0.1, 0.15) is 22.8 Å². The average molecular weight is 557 g/mol. The number of nitrogens with zero attached hydrogens (tertiary/aromatic N) is 2. The summed E-state index contributed by atoms with van der Waals surface area (Å²) >= 11 is 0. The summed E-state index contributed by atoms with van der Waals surface area (Å²) in [6.45, 7) is 1.22. The summed E-state index contributed by atoms with van der Waals surface area (Å²) in [5, 5.41) is 6.98. The van der Waals surface area contributed by atoms with E-state index in [2.05, 4.69) is 15.8 Å². The Morgan fingerprint density at radius 2 is 1.40 bits per heavy atom. The standard InChI is InChI=1S/C30H28N4O5S/c1-22(23-13-15-25(16-14-23)31-30(36)24-9-5-3-6-10-24)32-33-29(35)21-34(26-11-7-4-8-12-26)40(37,38)28-19-17-27(39-2)18-20-28/h3-20H,21H2,1-2H3,(H,31,36)(H,33,35)/b32-22-. The number of methoxy groups -OCH3 is 1. The molecule has 0 aliphatic rings. The van der Waals surface area contributed by atoms with Gasteiger partial charge >= 0.3 is 0 Å². The third-order valence-electron chi connectivity index (χ3n) is 5.92. The largest absolute Gasteiger partial charge is 0.497 e. The van der Waals surface area contributed by atoms with Crippen LogP contribution < -0.4 is 19.8 Å². The van der Waals surface area contributed by atoms with Gasteiger partial charge in [0.15, 0.2) is 0 Å². The minimum absolute atomic E-state index is 0.0177. The fourth-order valence-corrected chi connectivity index (χ4v) is 5.17. The number of hydrogen-bond acceptors (Lipinski definition) is 6. The molecule has 204 valence electrons. The van der Waals surface area contributed by atoms with E-state index in [1.165, 1.54) is 19.2 Å². The third-order valence-corrected chi connectivity index (χ3v) is 7.71. The fraction of sp³-hybridized carbons (Fsp3) is 0.100. The molecular formula is C30H28N4O5S. The van der Waals surface area contributed by atoms with Crippen molar-refractivity contribution in [3.05, 3.63) is 120 Å². The van der Waals surface area contributed by atoms with Crippen molar-refractivity contribution in [2.75, 3.05) is 23.3 Å². The summed E-state index contributed by atoms with van der Waals surface area (Å²) in [7, 11) is -2.57. The Kier molecular flexibility index (Phi) is 8.93. The van der Waals surface area contributed by atoms with Gasteiger partial charge in [0.2, 0.25) is 0 Å². The Balaban J connectivity index is 1.45. The van der Waals surface area contributed by atoms with Crippen molar-refractivity contribution in [1.29, 1.82) is 0 Å². The minimum Gasteiger partial charge on any atom is -0.497 e. The van der Waals surface area contributed by atoms with Crippen LogP contribution in [0.15, 0.2) is 119 Å². The first kappa shape index (κ1) is 28.1. The maximum absolute atomic E-state index is 13.5. The number of rotatable bonds is 10. The van der Waals surface area contributed by atoms with Crippen LogP contribution in [0.2, 0.25) is 0 Å². The van der Waals surface area contributed by atoms with Gasteiger partial charge in [-0.05, 0) is 73.2 Å². The number of carbonyl (C=O) groups is 2. The predicted molar refractivity (Wildman–Crippen MR) is 155 cm³/mol. The number of carbonyl (C=O) groups excluding carboxylic acids is 2. The van der Waals surface area contributed by atoms with E-state index in [-0.39, 0.29) is 10.8 Å². The lowest BCUT2D eigenvalue weighted by molar-refractivity contribution is -0.119. The topological polar surface area (TPSA) is 117 Å². The van der Waals surface area contributed by atoms with Gasteiger partial charge in [-0.3, -0.25) is 13.9 Å². The van der Waals surface area contributed by atoms with Crippen molar-refractivity contribution < 1.29 is 22.7 Å². The second-order valence-corrected chi connectivity index (χ2v) is 10.5. The summed E-state index contributed by atoms with van der Waals surface area (Å²) in [4.78, 5) is 25.2. The summed E-state index contributed by atoms with van der Waals surface area (Å²) in [5.74, 6) is -0.329. The van der Waals surface area contributed by atoms with Crippen molar-refractivity contribution in [1.82, 2.24) is 5.43 Å². The maximum atomic E-state index is 13.5. The van der Waals surface area contributed by atoms with Crippen LogP contribution in [0.25, 0.3) is 0 Å². The molecule has 4 rings (SSSR count). The van der Waals surface area contributed by atoms with E-state index in [1.54, 1.807) is 97.9 Å². The van der Waals surface area contributed by atoms with Crippen molar-refractivity contribution >= 4 is 38.9 Å². The van der Waals surface area contributed by atoms with Gasteiger partial charge in [-0.1, -0.05) is 48.5 Å². The molecule has 0 bridgehead atoms. The van der Waals surface area contributed by atoms with Crippen molar-refractivity contribution in [3.63, 3.8) is 0 Å². The molecule has 0 unspecified atom stereocenters. The number of nitrogens with one attached hydrogen (secondary N) is 2. The van der Waals surface area contributed by atoms with Gasteiger partial charge in [0.05, 0.1) is 23.4 Å². The number of hydrogen-bond donors (Lipinski definition) is 2. The second-order valence-electron chi connectivity index (χ2n) is 8.65. The smallest absolute Gasteiger partial charge is 0.264 e. The molecule has 40 heavy (non-hydrogen) atoms. The van der Waals surface area contributed by atoms with Crippen molar-refractivity contribution in [2.45, 2.75) is 11.8 Å². The lowest BCUT2D eigenvalue weighted by atomic mass is 10.1. The van der Waals surface area contributed by atoms with E-state index >= 15 is 0 Å². The van der Waals surface area contributed by atoms with E-state index in [9.17, 15) is 18.0 Å². The number of benzene rings is 4. The van der Waals surface area contributed by atoms with Crippen LogP contribution in [-0.4, -0.2) is 39.6 Å². The summed E-state index contributed by atoms with van der Waals surface area (Å²) in [5.41, 5.74) is 5.15. The minimum atomic E-state index is -4.07. The Hall–Kier alpha value is -4.96. The molecule has 2 amide bonds. The van der Waals surface area contributed by atoms with E-state index < -0.39 is 22.5 Å². The van der Waals surface area contributed by atoms with Crippen molar-refractivity contribution in [3.8, 4) is 5.75 Å². The zero-order chi connectivity index (χ0) is 28.5. The van der Waals surface area contributed by atoms with Gasteiger partial charge < -0.3 is 10.1 Å². The quantitative estimate of drug-likeness (QED) is 0.217. The molecule has 0 aliphatic heterocycles. The molecule has 0 saturated carbocycles. The number of ether oxygens (including phenoxy) is 1. The van der Waals surface area contributed by atoms with Crippen LogP contribution >= 0.6 is 0 Å². The van der Waals surface area contributed by atoms with E-state index in [4.69, 9.17) is 4.74 Å². The van der Waals surface area contributed by atoms with Crippen LogP contribution in [0.3, 0.4) is 0 Å². The van der Waals surface area contributed by atoms with Crippen LogP contribution in [-0.2, 0) is 14.8 Å². The Labute approximate surface area is 233 Å². The van der Waals surface area contributed by atoms with E-state index in [0.29, 0.717) is 34.0 Å². The van der Waals surface area contributed by atoms with Crippen LogP contribution in [0, 0.1) is 0 Å². The molecule has 0 atom stereocenters. The summed E-state index contributed by atoms with van der Waals surface area (Å²) in [6, 6.07) is 30.2. The molecule has 2 N–H and O–H groups in total. The molecule has 9 nitrogen and oxygen atoms in total. The number of para-hydroxylation sites is 1. The molecule has 0 heterocycles. The lowest BCUT2D eigenvalue weighted by Gasteiger charge is -2.23. The highest BCUT2D eigenvalue weighted by atomic mass is 32.2. The highest BCUT2D eigenvalue weighted by molar-refractivity contribution is 7.92. The molecule has 4 aromatic rings. The first-order valence-corrected chi connectivity index (χ1v) is 13.7. The van der Waals surface area contributed by atoms with E-state index in [1.807, 2.05) is 6.07 Å². The van der Waals surface area contributed by atoms with Gasteiger partial charge in [-0.2, -0.15) is 5.10 Å². The average Bonchev–Trinajstić information content (AvgIpc) is 2.99. The molecule has 10 heteroatoms. The Morgan fingerprint density at radius 1 is 0.800 bits per heavy atom. The highest BCUT2D eigenvalue weighted by Crippen LogP contribution is 2.25. The number of anilines is 2. The normalized spacial score (nSPS) is 11.4. The second kappa shape index (κ2) is 12.7. The SMILES string of the molecule is COc1ccc(S(=O)(=O)N(CC(=O)N/N=C(/C)c2ccc(NC(=O)c3ccccc3)cc2)c2ccccc2)cc1. The molecule has 0 aliphatic carbocycles. The number of amides is 2. The first-order chi connectivity index (χ1) is 19.3. The molecule has 4 aromatic carbocycles. The predicted octanol–water partition coefficient (Wildman–Crippen LogP) is 4.68. The van der Waals surface area contributed by atoms with Crippen molar-refractivity contribution in [2.24, 2.45) is 5.10 Å². The number of sulfonamides is 1. The molecule has 0 spiro atoms. The van der Waals surface area contributed by atoms with Gasteiger partial charge in [0.25, 0.3) is 21.8 Å². The first-order valence-electron chi connectivity index (χ1n) is 12.3. The number of hydrazone groups is 1. The van der Waals surface area contributed by atoms with Crippen LogP contribution in [0.5, 0.6) is 5.75 Å². The summed E-state index contributed by atoms with van der Waals surface area (Å²) in [6.07, 6.45) is 0. The fourth-order valence-electron chi connectivity index (χ4n) is 3.75. The molecule has 0 radical (unpaired) electrons. The molecule has 0 saturated heterocycles. The molecule has 0 aromatic heterocycles. The zero-order valence-corrected chi connectivity index (χ0v) is 22.8. The Morgan fingerprint density at radius 3 is 2.00 bits per heavy atom. The molecular weight excluding hydrogens is 528 g/mol. The maximum Gasteiger partial charge on any atom is 0.264 e. The zero-order valence-electron chi connectivity index (χ0n) is 21.9. The Bertz CT molecular complexity index is 1590. The van der Waals surface area contributed by atoms with Gasteiger partial charge in [0, 0.05) is 11.3 Å². The van der Waals surface area contributed by atoms with E-state index in [0.717, 1.165) is 4.31 Å².